The SMILES string of the molecule is CN=C(NCC1CN(C)CCO1)N1CC2C3CCC(O3)C2C1.I. The molecule has 1 N–H and O–H groups in total. The zero-order valence-electron chi connectivity index (χ0n) is 14.1. The summed E-state index contributed by atoms with van der Waals surface area (Å²) in [6.07, 6.45) is 3.79. The number of guanidine groups is 1. The standard InChI is InChI=1S/C16H28N4O2.HI/c1-17-16(18-7-11-8-19(2)5-6-21-11)20-9-12-13(10-20)15-4-3-14(12)22-15;/h11-15H,3-10H2,1-2H3,(H,17,18);1H. The van der Waals surface area contributed by atoms with Crippen LogP contribution in [-0.4, -0.2) is 87.5 Å². The molecule has 4 fully saturated rings. The van der Waals surface area contributed by atoms with Crippen molar-refractivity contribution in [3.63, 3.8) is 0 Å². The molecule has 0 amide bonds. The summed E-state index contributed by atoms with van der Waals surface area (Å²) >= 11 is 0. The molecule has 0 spiro atoms. The second-order valence-corrected chi connectivity index (χ2v) is 7.21. The highest BCUT2D eigenvalue weighted by Crippen LogP contribution is 2.47. The van der Waals surface area contributed by atoms with Gasteiger partial charge in [0.05, 0.1) is 24.9 Å². The zero-order chi connectivity index (χ0) is 15.1. The van der Waals surface area contributed by atoms with Gasteiger partial charge in [0.25, 0.3) is 0 Å². The summed E-state index contributed by atoms with van der Waals surface area (Å²) < 4.78 is 11.9. The predicted molar refractivity (Wildman–Crippen MR) is 100 cm³/mol. The molecule has 7 heteroatoms. The summed E-state index contributed by atoms with van der Waals surface area (Å²) in [6.45, 7) is 5.88. The lowest BCUT2D eigenvalue weighted by molar-refractivity contribution is -0.0163. The molecule has 132 valence electrons. The smallest absolute Gasteiger partial charge is 0.193 e. The second-order valence-electron chi connectivity index (χ2n) is 7.21. The molecule has 0 aliphatic carbocycles. The second kappa shape index (κ2) is 7.41. The van der Waals surface area contributed by atoms with Crippen molar-refractivity contribution in [1.29, 1.82) is 0 Å². The zero-order valence-corrected chi connectivity index (χ0v) is 16.4. The van der Waals surface area contributed by atoms with Gasteiger partial charge in [0.2, 0.25) is 0 Å². The first-order valence-electron chi connectivity index (χ1n) is 8.66. The number of nitrogens with zero attached hydrogens (tertiary/aromatic N) is 3. The molecule has 0 radical (unpaired) electrons. The molecule has 4 aliphatic heterocycles. The Morgan fingerprint density at radius 2 is 1.87 bits per heavy atom. The van der Waals surface area contributed by atoms with E-state index < -0.39 is 0 Å². The van der Waals surface area contributed by atoms with Gasteiger partial charge < -0.3 is 24.6 Å². The van der Waals surface area contributed by atoms with E-state index in [1.165, 1.54) is 12.8 Å². The fraction of sp³-hybridized carbons (Fsp3) is 0.938. The Kier molecular flexibility index (Phi) is 5.70. The summed E-state index contributed by atoms with van der Waals surface area (Å²) in [5.41, 5.74) is 0. The monoisotopic (exact) mass is 436 g/mol. The van der Waals surface area contributed by atoms with E-state index in [-0.39, 0.29) is 30.1 Å². The van der Waals surface area contributed by atoms with Crippen molar-refractivity contribution in [3.8, 4) is 0 Å². The summed E-state index contributed by atoms with van der Waals surface area (Å²) in [5.74, 6) is 2.47. The van der Waals surface area contributed by atoms with Crippen LogP contribution >= 0.6 is 24.0 Å². The van der Waals surface area contributed by atoms with Gasteiger partial charge in [0, 0.05) is 51.6 Å². The number of halogens is 1. The molecular formula is C16H29IN4O2. The van der Waals surface area contributed by atoms with E-state index in [1.54, 1.807) is 0 Å². The topological polar surface area (TPSA) is 49.3 Å². The highest BCUT2D eigenvalue weighted by atomic mass is 127. The van der Waals surface area contributed by atoms with Gasteiger partial charge in [-0.15, -0.1) is 24.0 Å². The van der Waals surface area contributed by atoms with E-state index in [0.717, 1.165) is 57.1 Å². The van der Waals surface area contributed by atoms with Gasteiger partial charge in [-0.3, -0.25) is 4.99 Å². The number of likely N-dealkylation sites (N-methyl/N-ethyl adjacent to an activating group) is 1. The maximum atomic E-state index is 6.06. The summed E-state index contributed by atoms with van der Waals surface area (Å²) in [7, 11) is 4.04. The van der Waals surface area contributed by atoms with Crippen LogP contribution in [0.5, 0.6) is 0 Å². The Labute approximate surface area is 156 Å². The first kappa shape index (κ1) is 17.7. The number of hydrogen-bond acceptors (Lipinski definition) is 4. The number of hydrogen-bond donors (Lipinski definition) is 1. The average Bonchev–Trinajstić information content (AvgIpc) is 3.20. The first-order valence-corrected chi connectivity index (χ1v) is 8.66. The number of morpholine rings is 1. The molecule has 5 atom stereocenters. The van der Waals surface area contributed by atoms with Crippen molar-refractivity contribution in [2.75, 3.05) is 53.4 Å². The van der Waals surface area contributed by atoms with Crippen LogP contribution in [0.25, 0.3) is 0 Å². The summed E-state index contributed by atoms with van der Waals surface area (Å²) in [6, 6.07) is 0. The van der Waals surface area contributed by atoms with E-state index in [9.17, 15) is 0 Å². The minimum absolute atomic E-state index is 0. The van der Waals surface area contributed by atoms with Crippen molar-refractivity contribution in [1.82, 2.24) is 15.1 Å². The Balaban J connectivity index is 0.00000156. The van der Waals surface area contributed by atoms with Crippen LogP contribution in [0.15, 0.2) is 4.99 Å². The van der Waals surface area contributed by atoms with Crippen molar-refractivity contribution < 1.29 is 9.47 Å². The normalized spacial score (nSPS) is 40.2. The maximum Gasteiger partial charge on any atom is 0.193 e. The Morgan fingerprint density at radius 3 is 2.48 bits per heavy atom. The third-order valence-electron chi connectivity index (χ3n) is 5.79. The van der Waals surface area contributed by atoms with Gasteiger partial charge in [-0.05, 0) is 19.9 Å². The van der Waals surface area contributed by atoms with Crippen LogP contribution in [0.1, 0.15) is 12.8 Å². The third-order valence-corrected chi connectivity index (χ3v) is 5.79. The third kappa shape index (κ3) is 3.48. The van der Waals surface area contributed by atoms with E-state index in [1.807, 2.05) is 7.05 Å². The number of ether oxygens (including phenoxy) is 2. The van der Waals surface area contributed by atoms with Gasteiger partial charge in [-0.2, -0.15) is 0 Å². The van der Waals surface area contributed by atoms with E-state index >= 15 is 0 Å². The van der Waals surface area contributed by atoms with Crippen LogP contribution in [0.2, 0.25) is 0 Å². The minimum atomic E-state index is 0. The molecule has 0 aromatic heterocycles. The van der Waals surface area contributed by atoms with Gasteiger partial charge in [-0.25, -0.2) is 0 Å². The number of rotatable bonds is 2. The fourth-order valence-corrected chi connectivity index (χ4v) is 4.66. The van der Waals surface area contributed by atoms with E-state index in [4.69, 9.17) is 9.47 Å². The van der Waals surface area contributed by atoms with Crippen molar-refractivity contribution >= 4 is 29.9 Å². The van der Waals surface area contributed by atoms with Crippen LogP contribution < -0.4 is 5.32 Å². The molecule has 0 aromatic rings. The quantitative estimate of drug-likeness (QED) is 0.391. The first-order chi connectivity index (χ1) is 10.7. The molecule has 5 unspecified atom stereocenters. The highest BCUT2D eigenvalue weighted by Gasteiger charge is 2.53. The Bertz CT molecular complexity index is 432. The molecular weight excluding hydrogens is 407 g/mol. The van der Waals surface area contributed by atoms with Crippen molar-refractivity contribution in [2.45, 2.75) is 31.2 Å². The van der Waals surface area contributed by atoms with Gasteiger partial charge in [0.1, 0.15) is 0 Å². The average molecular weight is 436 g/mol. The fourth-order valence-electron chi connectivity index (χ4n) is 4.66. The van der Waals surface area contributed by atoms with Gasteiger partial charge >= 0.3 is 0 Å². The Morgan fingerprint density at radius 1 is 1.17 bits per heavy atom. The molecule has 4 aliphatic rings. The lowest BCUT2D eigenvalue weighted by atomic mass is 9.82. The van der Waals surface area contributed by atoms with Crippen LogP contribution in [0, 0.1) is 11.8 Å². The Hall–Kier alpha value is -0.120. The lowest BCUT2D eigenvalue weighted by Gasteiger charge is -2.31. The summed E-state index contributed by atoms with van der Waals surface area (Å²) in [4.78, 5) is 9.25. The van der Waals surface area contributed by atoms with E-state index in [2.05, 4.69) is 27.2 Å². The van der Waals surface area contributed by atoms with Crippen LogP contribution in [0.3, 0.4) is 0 Å². The summed E-state index contributed by atoms with van der Waals surface area (Å²) in [5, 5.41) is 3.52. The number of nitrogens with one attached hydrogen (secondary N) is 1. The molecule has 23 heavy (non-hydrogen) atoms. The van der Waals surface area contributed by atoms with Gasteiger partial charge in [-0.1, -0.05) is 0 Å². The number of aliphatic imine (C=N–C) groups is 1. The molecule has 6 nitrogen and oxygen atoms in total. The van der Waals surface area contributed by atoms with Crippen LogP contribution in [-0.2, 0) is 9.47 Å². The molecule has 0 aromatic carbocycles. The molecule has 4 heterocycles. The molecule has 0 saturated carbocycles. The maximum absolute atomic E-state index is 6.06. The van der Waals surface area contributed by atoms with Crippen LogP contribution in [0.4, 0.5) is 0 Å². The number of fused-ring (bicyclic) bond motifs is 5. The largest absolute Gasteiger partial charge is 0.374 e. The molecule has 4 saturated heterocycles. The van der Waals surface area contributed by atoms with Crippen molar-refractivity contribution in [3.05, 3.63) is 0 Å². The minimum Gasteiger partial charge on any atom is -0.374 e. The van der Waals surface area contributed by atoms with Crippen molar-refractivity contribution in [2.24, 2.45) is 16.8 Å². The van der Waals surface area contributed by atoms with E-state index in [0.29, 0.717) is 12.2 Å². The highest BCUT2D eigenvalue weighted by molar-refractivity contribution is 14.0. The lowest BCUT2D eigenvalue weighted by Crippen LogP contribution is -2.49. The predicted octanol–water partition coefficient (Wildman–Crippen LogP) is 0.620. The number of likely N-dealkylation sites (tertiary alicyclic amines) is 1. The molecule has 2 bridgehead atoms. The van der Waals surface area contributed by atoms with Gasteiger partial charge in [0.15, 0.2) is 5.96 Å². The molecule has 4 rings (SSSR count).